The van der Waals surface area contributed by atoms with E-state index in [0.29, 0.717) is 24.2 Å². The van der Waals surface area contributed by atoms with Crippen LogP contribution in [-0.2, 0) is 4.79 Å². The van der Waals surface area contributed by atoms with E-state index in [-0.39, 0.29) is 0 Å². The SMILES string of the molecule is O=C1C(=O)N(CC2(Cl)C=CC=CC2)c2ccccc21. The first kappa shape index (κ1) is 12.2. The molecule has 96 valence electrons. The van der Waals surface area contributed by atoms with Crippen molar-refractivity contribution in [3.05, 3.63) is 54.1 Å². The van der Waals surface area contributed by atoms with Crippen LogP contribution in [0.4, 0.5) is 5.69 Å². The van der Waals surface area contributed by atoms with E-state index in [0.717, 1.165) is 0 Å². The fourth-order valence-corrected chi connectivity index (χ4v) is 2.71. The van der Waals surface area contributed by atoms with Crippen LogP contribution in [0.1, 0.15) is 16.8 Å². The molecule has 1 aliphatic heterocycles. The van der Waals surface area contributed by atoms with Crippen LogP contribution in [0.3, 0.4) is 0 Å². The van der Waals surface area contributed by atoms with E-state index >= 15 is 0 Å². The average Bonchev–Trinajstić information content (AvgIpc) is 2.65. The molecule has 1 aromatic carbocycles. The number of nitrogens with zero attached hydrogens (tertiary/aromatic N) is 1. The minimum absolute atomic E-state index is 0.303. The first-order valence-electron chi connectivity index (χ1n) is 6.09. The molecule has 3 nitrogen and oxygen atoms in total. The van der Waals surface area contributed by atoms with Gasteiger partial charge in [-0.25, -0.2) is 0 Å². The number of anilines is 1. The number of benzene rings is 1. The number of allylic oxidation sites excluding steroid dienone is 3. The van der Waals surface area contributed by atoms with Gasteiger partial charge in [0.2, 0.25) is 0 Å². The number of para-hydroxylation sites is 1. The Morgan fingerprint density at radius 3 is 2.74 bits per heavy atom. The van der Waals surface area contributed by atoms with Crippen molar-refractivity contribution in [2.45, 2.75) is 11.3 Å². The van der Waals surface area contributed by atoms with E-state index in [1.807, 2.05) is 30.4 Å². The second kappa shape index (κ2) is 4.35. The Morgan fingerprint density at radius 1 is 1.21 bits per heavy atom. The van der Waals surface area contributed by atoms with Gasteiger partial charge in [0.05, 0.1) is 16.1 Å². The van der Waals surface area contributed by atoms with Crippen LogP contribution in [-0.4, -0.2) is 23.1 Å². The number of fused-ring (bicyclic) bond motifs is 1. The number of rotatable bonds is 2. The van der Waals surface area contributed by atoms with Crippen LogP contribution in [0.2, 0.25) is 0 Å². The minimum Gasteiger partial charge on any atom is -0.303 e. The summed E-state index contributed by atoms with van der Waals surface area (Å²) in [7, 11) is 0. The van der Waals surface area contributed by atoms with E-state index < -0.39 is 16.6 Å². The van der Waals surface area contributed by atoms with E-state index in [2.05, 4.69) is 0 Å². The lowest BCUT2D eigenvalue weighted by atomic mass is 9.99. The number of ketones is 1. The van der Waals surface area contributed by atoms with Crippen LogP contribution in [0, 0.1) is 0 Å². The number of hydrogen-bond acceptors (Lipinski definition) is 2. The molecule has 1 amide bonds. The maximum atomic E-state index is 12.1. The van der Waals surface area contributed by atoms with E-state index in [4.69, 9.17) is 11.6 Å². The molecule has 1 atom stereocenters. The van der Waals surface area contributed by atoms with Gasteiger partial charge in [0, 0.05) is 6.54 Å². The van der Waals surface area contributed by atoms with Gasteiger partial charge in [0.15, 0.2) is 0 Å². The molecular formula is C15H12ClNO2. The molecule has 2 aliphatic rings. The zero-order chi connectivity index (χ0) is 13.5. The molecule has 0 fully saturated rings. The Morgan fingerprint density at radius 2 is 2.00 bits per heavy atom. The van der Waals surface area contributed by atoms with Gasteiger partial charge >= 0.3 is 0 Å². The lowest BCUT2D eigenvalue weighted by Gasteiger charge is -2.29. The third-order valence-electron chi connectivity index (χ3n) is 3.40. The smallest absolute Gasteiger partial charge is 0.299 e. The molecule has 0 radical (unpaired) electrons. The maximum absolute atomic E-state index is 12.1. The molecular weight excluding hydrogens is 262 g/mol. The average molecular weight is 274 g/mol. The van der Waals surface area contributed by atoms with E-state index in [1.54, 1.807) is 18.2 Å². The summed E-state index contributed by atoms with van der Waals surface area (Å²) in [6.07, 6.45) is 8.26. The van der Waals surface area contributed by atoms with Crippen LogP contribution >= 0.6 is 11.6 Å². The summed E-state index contributed by atoms with van der Waals surface area (Å²) >= 11 is 6.49. The highest BCUT2D eigenvalue weighted by atomic mass is 35.5. The standard InChI is InChI=1S/C15H12ClNO2/c16-15(8-4-1-5-9-15)10-17-12-7-3-2-6-11(12)13(18)14(17)19/h1-8H,9-10H2. The summed E-state index contributed by atoms with van der Waals surface area (Å²) in [6, 6.07) is 7.02. The lowest BCUT2D eigenvalue weighted by Crippen LogP contribution is -2.41. The third kappa shape index (κ3) is 2.00. The van der Waals surface area contributed by atoms with Gasteiger partial charge in [0.1, 0.15) is 0 Å². The predicted octanol–water partition coefficient (Wildman–Crippen LogP) is 2.71. The van der Waals surface area contributed by atoms with Crippen molar-refractivity contribution in [2.24, 2.45) is 0 Å². The molecule has 1 aliphatic carbocycles. The second-order valence-corrected chi connectivity index (χ2v) is 5.52. The van der Waals surface area contributed by atoms with Crippen molar-refractivity contribution in [3.63, 3.8) is 0 Å². The molecule has 0 saturated heterocycles. The first-order chi connectivity index (χ1) is 9.11. The van der Waals surface area contributed by atoms with Crippen LogP contribution in [0.5, 0.6) is 0 Å². The Kier molecular flexibility index (Phi) is 2.79. The second-order valence-electron chi connectivity index (χ2n) is 4.76. The largest absolute Gasteiger partial charge is 0.303 e. The van der Waals surface area contributed by atoms with Crippen LogP contribution in [0.15, 0.2) is 48.6 Å². The quantitative estimate of drug-likeness (QED) is 0.614. The van der Waals surface area contributed by atoms with Crippen molar-refractivity contribution in [1.29, 1.82) is 0 Å². The topological polar surface area (TPSA) is 37.4 Å². The van der Waals surface area contributed by atoms with Gasteiger partial charge in [-0.3, -0.25) is 9.59 Å². The molecule has 0 bridgehead atoms. The zero-order valence-corrected chi connectivity index (χ0v) is 10.9. The number of carbonyl (C=O) groups excluding carboxylic acids is 2. The van der Waals surface area contributed by atoms with Crippen LogP contribution < -0.4 is 4.90 Å². The van der Waals surface area contributed by atoms with Gasteiger partial charge in [-0.15, -0.1) is 11.6 Å². The van der Waals surface area contributed by atoms with Crippen molar-refractivity contribution >= 4 is 29.0 Å². The predicted molar refractivity (Wildman–Crippen MR) is 74.6 cm³/mol. The minimum atomic E-state index is -0.637. The van der Waals surface area contributed by atoms with Crippen molar-refractivity contribution in [3.8, 4) is 0 Å². The van der Waals surface area contributed by atoms with Crippen molar-refractivity contribution < 1.29 is 9.59 Å². The number of halogens is 1. The fourth-order valence-electron chi connectivity index (χ4n) is 2.42. The normalized spacial score (nSPS) is 25.0. The van der Waals surface area contributed by atoms with Crippen LogP contribution in [0.25, 0.3) is 0 Å². The van der Waals surface area contributed by atoms with E-state index in [9.17, 15) is 9.59 Å². The van der Waals surface area contributed by atoms with Gasteiger partial charge in [-0.1, -0.05) is 36.4 Å². The van der Waals surface area contributed by atoms with Crippen molar-refractivity contribution in [1.82, 2.24) is 0 Å². The Labute approximate surface area is 116 Å². The number of carbonyl (C=O) groups is 2. The van der Waals surface area contributed by atoms with Gasteiger partial charge < -0.3 is 4.90 Å². The highest BCUT2D eigenvalue weighted by molar-refractivity contribution is 6.52. The third-order valence-corrected chi connectivity index (χ3v) is 3.80. The molecule has 1 unspecified atom stereocenters. The Hall–Kier alpha value is -1.87. The number of amides is 1. The first-order valence-corrected chi connectivity index (χ1v) is 6.47. The molecule has 3 rings (SSSR count). The Bertz CT molecular complexity index is 620. The molecule has 19 heavy (non-hydrogen) atoms. The summed E-state index contributed by atoms with van der Waals surface area (Å²) in [5.41, 5.74) is 1.11. The van der Waals surface area contributed by atoms with Crippen molar-refractivity contribution in [2.75, 3.05) is 11.4 Å². The number of hydrogen-bond donors (Lipinski definition) is 0. The molecule has 1 heterocycles. The van der Waals surface area contributed by atoms with Gasteiger partial charge in [-0.2, -0.15) is 0 Å². The van der Waals surface area contributed by atoms with E-state index in [1.165, 1.54) is 4.90 Å². The highest BCUT2D eigenvalue weighted by Crippen LogP contribution is 2.34. The molecule has 0 N–H and O–H groups in total. The molecule has 0 spiro atoms. The lowest BCUT2D eigenvalue weighted by molar-refractivity contribution is -0.114. The number of alkyl halides is 1. The Balaban J connectivity index is 1.94. The van der Waals surface area contributed by atoms with Gasteiger partial charge in [-0.05, 0) is 18.6 Å². The molecule has 0 saturated carbocycles. The van der Waals surface area contributed by atoms with Gasteiger partial charge in [0.25, 0.3) is 11.7 Å². The highest BCUT2D eigenvalue weighted by Gasteiger charge is 2.39. The summed E-state index contributed by atoms with van der Waals surface area (Å²) in [4.78, 5) is 24.8. The fraction of sp³-hybridized carbons (Fsp3) is 0.200. The summed E-state index contributed by atoms with van der Waals surface area (Å²) in [6.45, 7) is 0.303. The molecule has 0 aromatic heterocycles. The summed E-state index contributed by atoms with van der Waals surface area (Å²) in [5, 5.41) is 0. The summed E-state index contributed by atoms with van der Waals surface area (Å²) in [5.74, 6) is -0.949. The maximum Gasteiger partial charge on any atom is 0.299 e. The molecule has 4 heteroatoms. The number of Topliss-reactive ketones (excluding diaryl/α,β-unsaturated/α-hetero) is 1. The monoisotopic (exact) mass is 273 g/mol. The summed E-state index contributed by atoms with van der Waals surface area (Å²) < 4.78 is 0. The molecule has 1 aromatic rings. The zero-order valence-electron chi connectivity index (χ0n) is 10.2.